The van der Waals surface area contributed by atoms with Gasteiger partial charge in [-0.15, -0.1) is 0 Å². The third-order valence-electron chi connectivity index (χ3n) is 4.08. The lowest BCUT2D eigenvalue weighted by Crippen LogP contribution is -2.35. The largest absolute Gasteiger partial charge is 0.392 e. The van der Waals surface area contributed by atoms with Crippen molar-refractivity contribution in [3.63, 3.8) is 0 Å². The van der Waals surface area contributed by atoms with Gasteiger partial charge in [0.05, 0.1) is 12.5 Å². The molecular weight excluding hydrogens is 318 g/mol. The summed E-state index contributed by atoms with van der Waals surface area (Å²) < 4.78 is 1.07. The van der Waals surface area contributed by atoms with Gasteiger partial charge in [0, 0.05) is 16.4 Å². The van der Waals surface area contributed by atoms with Crippen molar-refractivity contribution in [3.05, 3.63) is 34.3 Å². The fourth-order valence-corrected chi connectivity index (χ4v) is 2.70. The van der Waals surface area contributed by atoms with Gasteiger partial charge in [-0.2, -0.15) is 0 Å². The standard InChI is InChI=1S/C16H22BrNO2/c1-11(2)14(19)9-15(20)18-10-16(6-7-16)12-4-3-5-13(17)8-12/h3-5,8,11,14,19H,6-7,9-10H2,1-2H3,(H,18,20). The van der Waals surface area contributed by atoms with Crippen molar-refractivity contribution in [2.45, 2.75) is 44.6 Å². The van der Waals surface area contributed by atoms with Crippen molar-refractivity contribution >= 4 is 21.8 Å². The molecule has 0 bridgehead atoms. The quantitative estimate of drug-likeness (QED) is 0.836. The number of aliphatic hydroxyl groups is 1. The molecular formula is C16H22BrNO2. The Labute approximate surface area is 128 Å². The van der Waals surface area contributed by atoms with Crippen molar-refractivity contribution in [1.29, 1.82) is 0 Å². The fraction of sp³-hybridized carbons (Fsp3) is 0.562. The number of amides is 1. The Kier molecular flexibility index (Phi) is 4.86. The summed E-state index contributed by atoms with van der Waals surface area (Å²) in [6.07, 6.45) is 1.84. The van der Waals surface area contributed by atoms with Crippen LogP contribution < -0.4 is 5.32 Å². The smallest absolute Gasteiger partial charge is 0.222 e. The maximum absolute atomic E-state index is 11.9. The van der Waals surface area contributed by atoms with Gasteiger partial charge in [-0.1, -0.05) is 41.9 Å². The van der Waals surface area contributed by atoms with Crippen LogP contribution >= 0.6 is 15.9 Å². The Balaban J connectivity index is 1.89. The lowest BCUT2D eigenvalue weighted by Gasteiger charge is -2.19. The van der Waals surface area contributed by atoms with Crippen LogP contribution in [0.5, 0.6) is 0 Å². The Bertz CT molecular complexity index is 483. The topological polar surface area (TPSA) is 49.3 Å². The van der Waals surface area contributed by atoms with Crippen molar-refractivity contribution < 1.29 is 9.90 Å². The van der Waals surface area contributed by atoms with Crippen molar-refractivity contribution in [1.82, 2.24) is 5.32 Å². The molecule has 1 unspecified atom stereocenters. The summed E-state index contributed by atoms with van der Waals surface area (Å²) in [5.41, 5.74) is 1.37. The number of nitrogens with one attached hydrogen (secondary N) is 1. The minimum absolute atomic E-state index is 0.0625. The number of carbonyl (C=O) groups excluding carboxylic acids is 1. The molecule has 0 aromatic heterocycles. The van der Waals surface area contributed by atoms with Crippen LogP contribution in [0.3, 0.4) is 0 Å². The highest BCUT2D eigenvalue weighted by molar-refractivity contribution is 9.10. The number of aliphatic hydroxyl groups excluding tert-OH is 1. The SMILES string of the molecule is CC(C)C(O)CC(=O)NCC1(c2cccc(Br)c2)CC1. The zero-order valence-electron chi connectivity index (χ0n) is 12.0. The lowest BCUT2D eigenvalue weighted by molar-refractivity contribution is -0.123. The van der Waals surface area contributed by atoms with E-state index in [4.69, 9.17) is 0 Å². The van der Waals surface area contributed by atoms with E-state index in [-0.39, 0.29) is 23.7 Å². The first-order valence-corrected chi connectivity index (χ1v) is 7.93. The molecule has 110 valence electrons. The molecule has 2 rings (SSSR count). The molecule has 1 aromatic carbocycles. The molecule has 0 aliphatic heterocycles. The number of halogens is 1. The predicted molar refractivity (Wildman–Crippen MR) is 83.5 cm³/mol. The minimum Gasteiger partial charge on any atom is -0.392 e. The van der Waals surface area contributed by atoms with Gasteiger partial charge in [0.25, 0.3) is 0 Å². The van der Waals surface area contributed by atoms with Crippen LogP contribution in [0.1, 0.15) is 38.7 Å². The van der Waals surface area contributed by atoms with E-state index in [9.17, 15) is 9.90 Å². The van der Waals surface area contributed by atoms with E-state index in [1.165, 1.54) is 5.56 Å². The first kappa shape index (κ1) is 15.5. The van der Waals surface area contributed by atoms with E-state index in [2.05, 4.69) is 33.4 Å². The van der Waals surface area contributed by atoms with Crippen LogP contribution in [-0.2, 0) is 10.2 Å². The van der Waals surface area contributed by atoms with E-state index in [1.807, 2.05) is 26.0 Å². The second kappa shape index (κ2) is 6.27. The summed E-state index contributed by atoms with van der Waals surface area (Å²) in [5.74, 6) is 0.0492. The van der Waals surface area contributed by atoms with Crippen LogP contribution in [0, 0.1) is 5.92 Å². The third kappa shape index (κ3) is 3.83. The van der Waals surface area contributed by atoms with Crippen LogP contribution in [0.2, 0.25) is 0 Å². The number of hydrogen-bond donors (Lipinski definition) is 2. The van der Waals surface area contributed by atoms with Gasteiger partial charge in [0.15, 0.2) is 0 Å². The predicted octanol–water partition coefficient (Wildman–Crippen LogP) is 3.00. The molecule has 1 aliphatic rings. The Morgan fingerprint density at radius 1 is 1.45 bits per heavy atom. The highest BCUT2D eigenvalue weighted by Gasteiger charge is 2.44. The number of rotatable bonds is 6. The maximum atomic E-state index is 11.9. The second-order valence-electron chi connectivity index (χ2n) is 6.08. The zero-order chi connectivity index (χ0) is 14.8. The Hall–Kier alpha value is -0.870. The van der Waals surface area contributed by atoms with Gasteiger partial charge < -0.3 is 10.4 Å². The molecule has 0 radical (unpaired) electrons. The molecule has 0 heterocycles. The van der Waals surface area contributed by atoms with E-state index < -0.39 is 6.10 Å². The maximum Gasteiger partial charge on any atom is 0.222 e. The van der Waals surface area contributed by atoms with Crippen LogP contribution in [0.15, 0.2) is 28.7 Å². The number of hydrogen-bond acceptors (Lipinski definition) is 2. The third-order valence-corrected chi connectivity index (χ3v) is 4.57. The molecule has 1 aliphatic carbocycles. The van der Waals surface area contributed by atoms with Crippen LogP contribution in [-0.4, -0.2) is 23.7 Å². The van der Waals surface area contributed by atoms with E-state index >= 15 is 0 Å². The molecule has 0 spiro atoms. The molecule has 4 heteroatoms. The van der Waals surface area contributed by atoms with E-state index in [0.717, 1.165) is 17.3 Å². The summed E-state index contributed by atoms with van der Waals surface area (Å²) in [5, 5.41) is 12.7. The molecule has 3 nitrogen and oxygen atoms in total. The van der Waals surface area contributed by atoms with Gasteiger partial charge in [0.2, 0.25) is 5.91 Å². The van der Waals surface area contributed by atoms with Crippen LogP contribution in [0.25, 0.3) is 0 Å². The molecule has 20 heavy (non-hydrogen) atoms. The van der Waals surface area contributed by atoms with Gasteiger partial charge >= 0.3 is 0 Å². The van der Waals surface area contributed by atoms with Gasteiger partial charge in [-0.25, -0.2) is 0 Å². The molecule has 1 aromatic rings. The highest BCUT2D eigenvalue weighted by Crippen LogP contribution is 2.48. The lowest BCUT2D eigenvalue weighted by atomic mass is 9.96. The normalized spacial score (nSPS) is 17.9. The van der Waals surface area contributed by atoms with Gasteiger partial charge in [-0.3, -0.25) is 4.79 Å². The van der Waals surface area contributed by atoms with Gasteiger partial charge in [0.1, 0.15) is 0 Å². The Morgan fingerprint density at radius 2 is 2.15 bits per heavy atom. The number of carbonyl (C=O) groups is 1. The summed E-state index contributed by atoms with van der Waals surface area (Å²) >= 11 is 3.49. The molecule has 1 atom stereocenters. The average molecular weight is 340 g/mol. The first-order valence-electron chi connectivity index (χ1n) is 7.14. The molecule has 2 N–H and O–H groups in total. The van der Waals surface area contributed by atoms with Crippen LogP contribution in [0.4, 0.5) is 0 Å². The Morgan fingerprint density at radius 3 is 2.70 bits per heavy atom. The summed E-state index contributed by atoms with van der Waals surface area (Å²) in [6, 6.07) is 8.29. The van der Waals surface area contributed by atoms with Gasteiger partial charge in [-0.05, 0) is 36.5 Å². The molecule has 1 saturated carbocycles. The van der Waals surface area contributed by atoms with Crippen molar-refractivity contribution in [2.75, 3.05) is 6.54 Å². The van der Waals surface area contributed by atoms with E-state index in [0.29, 0.717) is 6.54 Å². The second-order valence-corrected chi connectivity index (χ2v) is 7.00. The molecule has 1 fully saturated rings. The van der Waals surface area contributed by atoms with E-state index in [1.54, 1.807) is 0 Å². The van der Waals surface area contributed by atoms with Crippen molar-refractivity contribution in [3.8, 4) is 0 Å². The number of benzene rings is 1. The fourth-order valence-electron chi connectivity index (χ4n) is 2.30. The zero-order valence-corrected chi connectivity index (χ0v) is 13.6. The van der Waals surface area contributed by atoms with Crippen molar-refractivity contribution in [2.24, 2.45) is 5.92 Å². The molecule has 1 amide bonds. The summed E-state index contributed by atoms with van der Waals surface area (Å²) in [6.45, 7) is 4.50. The first-order chi connectivity index (χ1) is 9.43. The monoisotopic (exact) mass is 339 g/mol. The summed E-state index contributed by atoms with van der Waals surface area (Å²) in [7, 11) is 0. The highest BCUT2D eigenvalue weighted by atomic mass is 79.9. The molecule has 0 saturated heterocycles. The summed E-state index contributed by atoms with van der Waals surface area (Å²) in [4.78, 5) is 11.9. The minimum atomic E-state index is -0.559. The average Bonchev–Trinajstić information content (AvgIpc) is 3.17.